The number of pyridine rings is 1. The van der Waals surface area contributed by atoms with E-state index in [1.807, 2.05) is 16.8 Å². The molecule has 1 fully saturated rings. The van der Waals surface area contributed by atoms with E-state index < -0.39 is 0 Å². The molecule has 0 radical (unpaired) electrons. The molecule has 1 aromatic rings. The van der Waals surface area contributed by atoms with Gasteiger partial charge in [0.2, 0.25) is 5.91 Å². The lowest BCUT2D eigenvalue weighted by Gasteiger charge is -2.25. The fraction of sp³-hybridized carbons (Fsp3) is 0.611. The van der Waals surface area contributed by atoms with Crippen LogP contribution in [0.3, 0.4) is 0 Å². The van der Waals surface area contributed by atoms with Gasteiger partial charge in [0, 0.05) is 26.3 Å². The summed E-state index contributed by atoms with van der Waals surface area (Å²) >= 11 is 0. The molecular formula is C18H26N4O. The number of nitriles is 1. The fourth-order valence-corrected chi connectivity index (χ4v) is 3.17. The molecular weight excluding hydrogens is 288 g/mol. The van der Waals surface area contributed by atoms with Crippen molar-refractivity contribution in [1.29, 1.82) is 5.26 Å². The van der Waals surface area contributed by atoms with E-state index in [1.165, 1.54) is 25.5 Å². The maximum atomic E-state index is 12.5. The molecule has 1 aliphatic heterocycles. The first-order valence-corrected chi connectivity index (χ1v) is 8.49. The summed E-state index contributed by atoms with van der Waals surface area (Å²) in [5.74, 6) is 1.66. The van der Waals surface area contributed by atoms with Crippen LogP contribution in [0.1, 0.15) is 44.6 Å². The predicted molar refractivity (Wildman–Crippen MR) is 91.1 cm³/mol. The number of carbonyl (C=O) groups excluding carboxylic acids is 1. The van der Waals surface area contributed by atoms with Gasteiger partial charge in [-0.1, -0.05) is 19.8 Å². The summed E-state index contributed by atoms with van der Waals surface area (Å²) in [6.07, 6.45) is 7.51. The van der Waals surface area contributed by atoms with Crippen LogP contribution in [0.5, 0.6) is 0 Å². The first kappa shape index (κ1) is 17.3. The second-order valence-electron chi connectivity index (χ2n) is 6.34. The van der Waals surface area contributed by atoms with Crippen molar-refractivity contribution < 1.29 is 4.79 Å². The number of nitrogens with zero attached hydrogens (tertiary/aromatic N) is 4. The van der Waals surface area contributed by atoms with E-state index in [-0.39, 0.29) is 5.91 Å². The molecule has 1 aliphatic rings. The molecule has 0 aromatic carbocycles. The Labute approximate surface area is 138 Å². The van der Waals surface area contributed by atoms with E-state index >= 15 is 0 Å². The van der Waals surface area contributed by atoms with E-state index in [2.05, 4.69) is 18.0 Å². The SMILES string of the molecule is CCC[C@H]1CCCN(C(=O)CN(C)c2ccc(C#N)cn2)CC1. The Kier molecular flexibility index (Phi) is 6.40. The monoisotopic (exact) mass is 314 g/mol. The van der Waals surface area contributed by atoms with Crippen molar-refractivity contribution in [3.63, 3.8) is 0 Å². The molecule has 23 heavy (non-hydrogen) atoms. The van der Waals surface area contributed by atoms with E-state index in [9.17, 15) is 4.79 Å². The molecule has 0 saturated carbocycles. The minimum Gasteiger partial charge on any atom is -0.350 e. The zero-order valence-electron chi connectivity index (χ0n) is 14.2. The summed E-state index contributed by atoms with van der Waals surface area (Å²) in [6, 6.07) is 5.56. The lowest BCUT2D eigenvalue weighted by Crippen LogP contribution is -2.39. The van der Waals surface area contributed by atoms with E-state index in [4.69, 9.17) is 5.26 Å². The standard InChI is InChI=1S/C18H26N4O/c1-3-5-15-6-4-10-22(11-9-15)18(23)14-21(2)17-8-7-16(12-19)13-20-17/h7-8,13,15H,3-6,9-11,14H2,1-2H3/t15-/m0/s1. The molecule has 1 atom stereocenters. The average Bonchev–Trinajstić information content (AvgIpc) is 2.81. The van der Waals surface area contributed by atoms with Crippen LogP contribution in [0.25, 0.3) is 0 Å². The van der Waals surface area contributed by atoms with Crippen molar-refractivity contribution in [1.82, 2.24) is 9.88 Å². The van der Waals surface area contributed by atoms with Crippen LogP contribution in [-0.2, 0) is 4.79 Å². The Hall–Kier alpha value is -2.09. The van der Waals surface area contributed by atoms with Gasteiger partial charge in [-0.25, -0.2) is 4.98 Å². The smallest absolute Gasteiger partial charge is 0.242 e. The van der Waals surface area contributed by atoms with Crippen LogP contribution < -0.4 is 4.90 Å². The second-order valence-corrected chi connectivity index (χ2v) is 6.34. The first-order chi connectivity index (χ1) is 11.1. The molecule has 5 heteroatoms. The summed E-state index contributed by atoms with van der Waals surface area (Å²) in [4.78, 5) is 20.6. The van der Waals surface area contributed by atoms with Crippen molar-refractivity contribution in [3.05, 3.63) is 23.9 Å². The van der Waals surface area contributed by atoms with Gasteiger partial charge in [-0.05, 0) is 37.3 Å². The number of hydrogen-bond donors (Lipinski definition) is 0. The number of rotatable bonds is 5. The van der Waals surface area contributed by atoms with Crippen LogP contribution in [0.4, 0.5) is 5.82 Å². The normalized spacial score (nSPS) is 18.1. The highest BCUT2D eigenvalue weighted by molar-refractivity contribution is 5.81. The molecule has 0 N–H and O–H groups in total. The summed E-state index contributed by atoms with van der Waals surface area (Å²) < 4.78 is 0. The second kappa shape index (κ2) is 8.52. The quantitative estimate of drug-likeness (QED) is 0.838. The molecule has 0 unspecified atom stereocenters. The van der Waals surface area contributed by atoms with Gasteiger partial charge in [-0.3, -0.25) is 4.79 Å². The van der Waals surface area contributed by atoms with Crippen molar-refractivity contribution in [3.8, 4) is 6.07 Å². The Morgan fingerprint density at radius 3 is 2.91 bits per heavy atom. The third-order valence-electron chi connectivity index (χ3n) is 4.54. The first-order valence-electron chi connectivity index (χ1n) is 8.49. The van der Waals surface area contributed by atoms with Crippen LogP contribution in [0, 0.1) is 17.2 Å². The highest BCUT2D eigenvalue weighted by Crippen LogP contribution is 2.22. The van der Waals surface area contributed by atoms with Gasteiger partial charge < -0.3 is 9.80 Å². The number of aromatic nitrogens is 1. The number of hydrogen-bond acceptors (Lipinski definition) is 4. The third-order valence-corrected chi connectivity index (χ3v) is 4.54. The minimum absolute atomic E-state index is 0.163. The van der Waals surface area contributed by atoms with Gasteiger partial charge in [0.05, 0.1) is 12.1 Å². The number of amides is 1. The van der Waals surface area contributed by atoms with Gasteiger partial charge in [0.15, 0.2) is 0 Å². The molecule has 2 heterocycles. The third kappa shape index (κ3) is 4.95. The van der Waals surface area contributed by atoms with Gasteiger partial charge >= 0.3 is 0 Å². The Bertz CT molecular complexity index is 549. The van der Waals surface area contributed by atoms with Crippen molar-refractivity contribution in [2.24, 2.45) is 5.92 Å². The lowest BCUT2D eigenvalue weighted by atomic mass is 9.96. The zero-order valence-corrected chi connectivity index (χ0v) is 14.2. The maximum absolute atomic E-state index is 12.5. The van der Waals surface area contributed by atoms with E-state index in [1.54, 1.807) is 12.1 Å². The molecule has 124 valence electrons. The largest absolute Gasteiger partial charge is 0.350 e. The van der Waals surface area contributed by atoms with Crippen LogP contribution in [-0.4, -0.2) is 42.5 Å². The summed E-state index contributed by atoms with van der Waals surface area (Å²) in [5, 5.41) is 8.80. The molecule has 0 aliphatic carbocycles. The van der Waals surface area contributed by atoms with Crippen molar-refractivity contribution in [2.75, 3.05) is 31.6 Å². The molecule has 5 nitrogen and oxygen atoms in total. The Balaban J connectivity index is 1.88. The molecule has 2 rings (SSSR count). The predicted octanol–water partition coefficient (Wildman–Crippen LogP) is 2.82. The highest BCUT2D eigenvalue weighted by Gasteiger charge is 2.21. The van der Waals surface area contributed by atoms with Gasteiger partial charge in [-0.15, -0.1) is 0 Å². The van der Waals surface area contributed by atoms with Crippen molar-refractivity contribution >= 4 is 11.7 Å². The van der Waals surface area contributed by atoms with Gasteiger partial charge in [0.25, 0.3) is 0 Å². The number of anilines is 1. The van der Waals surface area contributed by atoms with Crippen LogP contribution >= 0.6 is 0 Å². The number of likely N-dealkylation sites (tertiary alicyclic amines) is 1. The van der Waals surface area contributed by atoms with Gasteiger partial charge in [-0.2, -0.15) is 5.26 Å². The van der Waals surface area contributed by atoms with E-state index in [0.717, 1.165) is 37.7 Å². The van der Waals surface area contributed by atoms with Gasteiger partial charge in [0.1, 0.15) is 11.9 Å². The molecule has 1 amide bonds. The summed E-state index contributed by atoms with van der Waals surface area (Å²) in [7, 11) is 1.87. The Morgan fingerprint density at radius 2 is 2.26 bits per heavy atom. The van der Waals surface area contributed by atoms with Crippen molar-refractivity contribution in [2.45, 2.75) is 39.0 Å². The van der Waals surface area contributed by atoms with Crippen LogP contribution in [0.15, 0.2) is 18.3 Å². The number of likely N-dealkylation sites (N-methyl/N-ethyl adjacent to an activating group) is 1. The minimum atomic E-state index is 0.163. The zero-order chi connectivity index (χ0) is 16.7. The molecule has 1 saturated heterocycles. The van der Waals surface area contributed by atoms with Crippen LogP contribution in [0.2, 0.25) is 0 Å². The molecule has 0 spiro atoms. The topological polar surface area (TPSA) is 60.2 Å². The lowest BCUT2D eigenvalue weighted by molar-refractivity contribution is -0.129. The summed E-state index contributed by atoms with van der Waals surface area (Å²) in [5.41, 5.74) is 0.531. The van der Waals surface area contributed by atoms with E-state index in [0.29, 0.717) is 12.1 Å². The summed E-state index contributed by atoms with van der Waals surface area (Å²) in [6.45, 7) is 4.30. The molecule has 1 aromatic heterocycles. The average molecular weight is 314 g/mol. The Morgan fingerprint density at radius 1 is 1.43 bits per heavy atom. The maximum Gasteiger partial charge on any atom is 0.242 e. The fourth-order valence-electron chi connectivity index (χ4n) is 3.17. The highest BCUT2D eigenvalue weighted by atomic mass is 16.2. The number of carbonyl (C=O) groups is 1. The molecule has 0 bridgehead atoms.